The van der Waals surface area contributed by atoms with Crippen LogP contribution in [-0.2, 0) is 4.79 Å². The van der Waals surface area contributed by atoms with Gasteiger partial charge in [0, 0.05) is 10.6 Å². The molecule has 0 aliphatic heterocycles. The number of hydrogen-bond acceptors (Lipinski definition) is 3. The van der Waals surface area contributed by atoms with E-state index in [9.17, 15) is 18.0 Å². The standard InChI is InChI=1S/C12H15F3N2OS/c1-7(2)10(16)11(18)17-8-3-5-9(6-4-8)19-12(13,14)15/h3-7,10H,16H2,1-2H3,(H,17,18)/t10-/m1/s1. The monoisotopic (exact) mass is 292 g/mol. The molecule has 0 aliphatic carbocycles. The van der Waals surface area contributed by atoms with Gasteiger partial charge in [-0.05, 0) is 41.9 Å². The Balaban J connectivity index is 2.65. The number of anilines is 1. The third-order valence-corrected chi connectivity index (χ3v) is 3.12. The first-order valence-corrected chi connectivity index (χ1v) is 6.43. The zero-order valence-electron chi connectivity index (χ0n) is 10.5. The maximum atomic E-state index is 12.1. The van der Waals surface area contributed by atoms with E-state index in [1.54, 1.807) is 0 Å². The Bertz CT molecular complexity index is 432. The fraction of sp³-hybridized carbons (Fsp3) is 0.417. The number of rotatable bonds is 4. The highest BCUT2D eigenvalue weighted by atomic mass is 32.2. The molecule has 0 heterocycles. The van der Waals surface area contributed by atoms with Gasteiger partial charge >= 0.3 is 5.51 Å². The molecular formula is C12H15F3N2OS. The van der Waals surface area contributed by atoms with Gasteiger partial charge in [-0.1, -0.05) is 13.8 Å². The number of amides is 1. The molecule has 0 aromatic heterocycles. The molecule has 1 amide bonds. The van der Waals surface area contributed by atoms with Crippen LogP contribution in [0.3, 0.4) is 0 Å². The van der Waals surface area contributed by atoms with Crippen LogP contribution in [-0.4, -0.2) is 17.5 Å². The van der Waals surface area contributed by atoms with Crippen LogP contribution in [0.15, 0.2) is 29.2 Å². The van der Waals surface area contributed by atoms with Gasteiger partial charge < -0.3 is 11.1 Å². The van der Waals surface area contributed by atoms with Gasteiger partial charge in [-0.15, -0.1) is 0 Å². The second kappa shape index (κ2) is 6.29. The Kier molecular flexibility index (Phi) is 5.25. The van der Waals surface area contributed by atoms with Gasteiger partial charge in [-0.3, -0.25) is 4.79 Å². The largest absolute Gasteiger partial charge is 0.446 e. The number of hydrogen-bond donors (Lipinski definition) is 2. The second-order valence-corrected chi connectivity index (χ2v) is 5.47. The Labute approximate surface area is 113 Å². The van der Waals surface area contributed by atoms with Crippen LogP contribution in [0.4, 0.5) is 18.9 Å². The van der Waals surface area contributed by atoms with Crippen molar-refractivity contribution in [2.24, 2.45) is 11.7 Å². The Morgan fingerprint density at radius 2 is 1.79 bits per heavy atom. The van der Waals surface area contributed by atoms with Crippen molar-refractivity contribution in [1.29, 1.82) is 0 Å². The highest BCUT2D eigenvalue weighted by Crippen LogP contribution is 2.37. The predicted octanol–water partition coefficient (Wildman–Crippen LogP) is 3.22. The summed E-state index contributed by atoms with van der Waals surface area (Å²) in [7, 11) is 0. The molecule has 7 heteroatoms. The number of nitrogens with one attached hydrogen (secondary N) is 1. The Morgan fingerprint density at radius 1 is 1.26 bits per heavy atom. The highest BCUT2D eigenvalue weighted by molar-refractivity contribution is 8.00. The van der Waals surface area contributed by atoms with Crippen LogP contribution in [0.1, 0.15) is 13.8 Å². The first kappa shape index (κ1) is 15.8. The summed E-state index contributed by atoms with van der Waals surface area (Å²) in [5, 5.41) is 2.56. The van der Waals surface area contributed by atoms with Gasteiger partial charge in [-0.2, -0.15) is 13.2 Å². The fourth-order valence-corrected chi connectivity index (χ4v) is 1.81. The molecule has 1 rings (SSSR count). The minimum atomic E-state index is -4.31. The lowest BCUT2D eigenvalue weighted by molar-refractivity contribution is -0.118. The Hall–Kier alpha value is -1.21. The summed E-state index contributed by atoms with van der Waals surface area (Å²) >= 11 is -0.198. The van der Waals surface area contributed by atoms with Gasteiger partial charge in [0.15, 0.2) is 0 Å². The number of carbonyl (C=O) groups is 1. The number of alkyl halides is 3. The van der Waals surface area contributed by atoms with Crippen molar-refractivity contribution < 1.29 is 18.0 Å². The molecular weight excluding hydrogens is 277 g/mol. The van der Waals surface area contributed by atoms with E-state index in [4.69, 9.17) is 5.73 Å². The van der Waals surface area contributed by atoms with E-state index in [-0.39, 0.29) is 28.5 Å². The van der Waals surface area contributed by atoms with Crippen molar-refractivity contribution in [3.8, 4) is 0 Å². The smallest absolute Gasteiger partial charge is 0.325 e. The van der Waals surface area contributed by atoms with Gasteiger partial charge in [0.2, 0.25) is 5.91 Å². The highest BCUT2D eigenvalue weighted by Gasteiger charge is 2.29. The molecule has 0 fully saturated rings. The molecule has 0 aliphatic rings. The number of benzene rings is 1. The third kappa shape index (κ3) is 5.52. The summed E-state index contributed by atoms with van der Waals surface area (Å²) in [4.78, 5) is 11.7. The van der Waals surface area contributed by atoms with Crippen molar-refractivity contribution in [2.75, 3.05) is 5.32 Å². The summed E-state index contributed by atoms with van der Waals surface area (Å²) in [6.07, 6.45) is 0. The molecule has 1 aromatic rings. The third-order valence-electron chi connectivity index (χ3n) is 2.38. The van der Waals surface area contributed by atoms with Gasteiger partial charge in [-0.25, -0.2) is 0 Å². The molecule has 19 heavy (non-hydrogen) atoms. The van der Waals surface area contributed by atoms with Crippen LogP contribution >= 0.6 is 11.8 Å². The lowest BCUT2D eigenvalue weighted by Gasteiger charge is -2.15. The van der Waals surface area contributed by atoms with E-state index in [0.717, 1.165) is 0 Å². The predicted molar refractivity (Wildman–Crippen MR) is 69.8 cm³/mol. The summed E-state index contributed by atoms with van der Waals surface area (Å²) in [5.74, 6) is -0.369. The van der Waals surface area contributed by atoms with E-state index in [2.05, 4.69) is 5.32 Å². The number of halogens is 3. The van der Waals surface area contributed by atoms with Crippen molar-refractivity contribution in [2.45, 2.75) is 30.3 Å². The molecule has 3 N–H and O–H groups in total. The lowest BCUT2D eigenvalue weighted by atomic mass is 10.1. The quantitative estimate of drug-likeness (QED) is 0.838. The number of thioether (sulfide) groups is 1. The average Bonchev–Trinajstić information content (AvgIpc) is 2.28. The van der Waals surface area contributed by atoms with Gasteiger partial charge in [0.1, 0.15) is 0 Å². The average molecular weight is 292 g/mol. The normalized spacial score (nSPS) is 13.4. The van der Waals surface area contributed by atoms with Crippen LogP contribution in [0.5, 0.6) is 0 Å². The van der Waals surface area contributed by atoms with E-state index in [1.807, 2.05) is 13.8 Å². The minimum Gasteiger partial charge on any atom is -0.325 e. The van der Waals surface area contributed by atoms with E-state index < -0.39 is 11.6 Å². The van der Waals surface area contributed by atoms with Crippen LogP contribution < -0.4 is 11.1 Å². The van der Waals surface area contributed by atoms with Crippen molar-refractivity contribution in [1.82, 2.24) is 0 Å². The molecule has 0 spiro atoms. The molecule has 0 radical (unpaired) electrons. The molecule has 0 saturated carbocycles. The van der Waals surface area contributed by atoms with Crippen molar-refractivity contribution in [3.05, 3.63) is 24.3 Å². The molecule has 1 aromatic carbocycles. The zero-order chi connectivity index (χ0) is 14.6. The molecule has 0 bridgehead atoms. The summed E-state index contributed by atoms with van der Waals surface area (Å²) in [6, 6.07) is 4.78. The van der Waals surface area contributed by atoms with E-state index in [1.165, 1.54) is 24.3 Å². The Morgan fingerprint density at radius 3 is 2.21 bits per heavy atom. The van der Waals surface area contributed by atoms with Crippen molar-refractivity contribution >= 4 is 23.4 Å². The van der Waals surface area contributed by atoms with Crippen LogP contribution in [0.25, 0.3) is 0 Å². The van der Waals surface area contributed by atoms with Gasteiger partial charge in [0.05, 0.1) is 6.04 Å². The fourth-order valence-electron chi connectivity index (χ4n) is 1.27. The molecule has 106 valence electrons. The topological polar surface area (TPSA) is 55.1 Å². The maximum absolute atomic E-state index is 12.1. The van der Waals surface area contributed by atoms with E-state index in [0.29, 0.717) is 5.69 Å². The van der Waals surface area contributed by atoms with Crippen molar-refractivity contribution in [3.63, 3.8) is 0 Å². The SMILES string of the molecule is CC(C)[C@@H](N)C(=O)Nc1ccc(SC(F)(F)F)cc1. The summed E-state index contributed by atoms with van der Waals surface area (Å²) < 4.78 is 36.4. The molecule has 1 atom stereocenters. The summed E-state index contributed by atoms with van der Waals surface area (Å²) in [5.41, 5.74) is 1.77. The first-order valence-electron chi connectivity index (χ1n) is 5.61. The minimum absolute atomic E-state index is 0.0138. The molecule has 3 nitrogen and oxygen atoms in total. The van der Waals surface area contributed by atoms with Crippen LogP contribution in [0.2, 0.25) is 0 Å². The second-order valence-electron chi connectivity index (χ2n) is 4.33. The van der Waals surface area contributed by atoms with Crippen LogP contribution in [0, 0.1) is 5.92 Å². The molecule has 0 unspecified atom stereocenters. The van der Waals surface area contributed by atoms with Gasteiger partial charge in [0.25, 0.3) is 0 Å². The number of carbonyl (C=O) groups excluding carboxylic acids is 1. The lowest BCUT2D eigenvalue weighted by Crippen LogP contribution is -2.39. The maximum Gasteiger partial charge on any atom is 0.446 e. The molecule has 0 saturated heterocycles. The first-order chi connectivity index (χ1) is 8.69. The van der Waals surface area contributed by atoms with E-state index >= 15 is 0 Å². The zero-order valence-corrected chi connectivity index (χ0v) is 11.3. The summed E-state index contributed by atoms with van der Waals surface area (Å²) in [6.45, 7) is 3.63. The number of nitrogens with two attached hydrogens (primary N) is 1.